The van der Waals surface area contributed by atoms with Gasteiger partial charge in [-0.15, -0.1) is 0 Å². The molecule has 0 bridgehead atoms. The van der Waals surface area contributed by atoms with Crippen molar-refractivity contribution in [2.24, 2.45) is 0 Å². The van der Waals surface area contributed by atoms with Gasteiger partial charge in [-0.05, 0) is 66.8 Å². The Balaban J connectivity index is 1.63. The topological polar surface area (TPSA) is 87.3 Å². The van der Waals surface area contributed by atoms with Crippen molar-refractivity contribution in [2.75, 3.05) is 10.0 Å². The van der Waals surface area contributed by atoms with Crippen LogP contribution in [0.4, 0.5) is 11.4 Å². The van der Waals surface area contributed by atoms with Crippen LogP contribution in [-0.2, 0) is 10.0 Å². The number of rotatable bonds is 5. The zero-order chi connectivity index (χ0) is 21.7. The van der Waals surface area contributed by atoms with Crippen LogP contribution in [0.3, 0.4) is 0 Å². The van der Waals surface area contributed by atoms with Crippen molar-refractivity contribution in [3.8, 4) is 0 Å². The number of benzene rings is 3. The summed E-state index contributed by atoms with van der Waals surface area (Å²) in [6, 6.07) is 19.0. The Morgan fingerprint density at radius 2 is 1.53 bits per heavy atom. The van der Waals surface area contributed by atoms with Crippen LogP contribution < -0.4 is 15.4 Å². The fraction of sp³-hybridized carbons (Fsp3) is 0. The van der Waals surface area contributed by atoms with E-state index in [1.54, 1.807) is 36.4 Å². The maximum Gasteiger partial charge on any atom is 0.261 e. The smallest absolute Gasteiger partial charge is 0.261 e. The van der Waals surface area contributed by atoms with Gasteiger partial charge in [0.25, 0.3) is 15.9 Å². The van der Waals surface area contributed by atoms with Crippen LogP contribution in [0.15, 0.2) is 77.7 Å². The molecular formula is C20H15Cl2N3O3S2. The highest BCUT2D eigenvalue weighted by atomic mass is 35.5. The van der Waals surface area contributed by atoms with E-state index in [1.807, 2.05) is 0 Å². The number of hydrogen-bond donors (Lipinski definition) is 3. The number of hydrogen-bond acceptors (Lipinski definition) is 4. The third-order valence-electron chi connectivity index (χ3n) is 3.85. The number of thiocarbonyl (C=S) groups is 1. The number of sulfonamides is 1. The first kappa shape index (κ1) is 22.0. The van der Waals surface area contributed by atoms with Gasteiger partial charge in [-0.1, -0.05) is 41.4 Å². The van der Waals surface area contributed by atoms with Crippen LogP contribution in [0.25, 0.3) is 0 Å². The first-order valence-corrected chi connectivity index (χ1v) is 11.1. The summed E-state index contributed by atoms with van der Waals surface area (Å²) in [4.78, 5) is 12.4. The van der Waals surface area contributed by atoms with Crippen molar-refractivity contribution in [3.63, 3.8) is 0 Å². The molecule has 3 aromatic carbocycles. The summed E-state index contributed by atoms with van der Waals surface area (Å²) in [5, 5.41) is 5.96. The van der Waals surface area contributed by atoms with Gasteiger partial charge in [0.15, 0.2) is 5.11 Å². The van der Waals surface area contributed by atoms with Gasteiger partial charge in [-0.25, -0.2) is 8.42 Å². The summed E-state index contributed by atoms with van der Waals surface area (Å²) in [7, 11) is -3.73. The van der Waals surface area contributed by atoms with Gasteiger partial charge in [0.2, 0.25) is 0 Å². The normalized spacial score (nSPS) is 10.9. The molecule has 0 aliphatic heterocycles. The lowest BCUT2D eigenvalue weighted by Crippen LogP contribution is -2.34. The molecule has 0 radical (unpaired) electrons. The van der Waals surface area contributed by atoms with E-state index in [1.165, 1.54) is 36.4 Å². The molecule has 154 valence electrons. The molecule has 0 unspecified atom stereocenters. The van der Waals surface area contributed by atoms with Crippen LogP contribution in [-0.4, -0.2) is 19.4 Å². The van der Waals surface area contributed by atoms with Crippen molar-refractivity contribution < 1.29 is 13.2 Å². The molecular weight excluding hydrogens is 465 g/mol. The van der Waals surface area contributed by atoms with Crippen molar-refractivity contribution in [2.45, 2.75) is 4.90 Å². The highest BCUT2D eigenvalue weighted by Crippen LogP contribution is 2.21. The second-order valence-corrected chi connectivity index (χ2v) is 8.96. The SMILES string of the molecule is O=C(NC(=S)Nc1ccc(S(=O)(=O)Nc2ccccc2)cc1)c1ccc(Cl)cc1Cl. The molecule has 0 heterocycles. The summed E-state index contributed by atoms with van der Waals surface area (Å²) in [5.74, 6) is -0.500. The third kappa shape index (κ3) is 5.70. The Bertz CT molecular complexity index is 1190. The monoisotopic (exact) mass is 479 g/mol. The average Bonchev–Trinajstić information content (AvgIpc) is 2.68. The Kier molecular flexibility index (Phi) is 6.94. The number of amides is 1. The summed E-state index contributed by atoms with van der Waals surface area (Å²) in [5.41, 5.74) is 1.18. The van der Waals surface area contributed by atoms with E-state index in [0.717, 1.165) is 0 Å². The van der Waals surface area contributed by atoms with Crippen molar-refractivity contribution in [3.05, 3.63) is 88.4 Å². The first-order chi connectivity index (χ1) is 14.2. The molecule has 3 rings (SSSR count). The quantitative estimate of drug-likeness (QED) is 0.452. The molecule has 3 aromatic rings. The Labute approximate surface area is 189 Å². The molecule has 0 aliphatic carbocycles. The van der Waals surface area contributed by atoms with Crippen LogP contribution in [0.2, 0.25) is 10.0 Å². The van der Waals surface area contributed by atoms with E-state index in [2.05, 4.69) is 15.4 Å². The van der Waals surface area contributed by atoms with E-state index in [0.29, 0.717) is 16.4 Å². The standard InChI is InChI=1S/C20H15Cl2N3O3S2/c21-13-6-11-17(18(22)12-13)19(26)24-20(29)23-14-7-9-16(10-8-14)30(27,28)25-15-4-2-1-3-5-15/h1-12,25H,(H2,23,24,26,29). The maximum absolute atomic E-state index is 12.5. The predicted octanol–water partition coefficient (Wildman–Crippen LogP) is 4.92. The molecule has 0 atom stereocenters. The molecule has 30 heavy (non-hydrogen) atoms. The molecule has 0 aliphatic rings. The Morgan fingerprint density at radius 1 is 0.867 bits per heavy atom. The van der Waals surface area contributed by atoms with Gasteiger partial charge < -0.3 is 5.32 Å². The average molecular weight is 480 g/mol. The van der Waals surface area contributed by atoms with Crippen molar-refractivity contribution in [1.82, 2.24) is 5.32 Å². The van der Waals surface area contributed by atoms with E-state index >= 15 is 0 Å². The fourth-order valence-corrected chi connectivity index (χ4v) is 4.21. The van der Waals surface area contributed by atoms with E-state index in [4.69, 9.17) is 35.4 Å². The van der Waals surface area contributed by atoms with Crippen LogP contribution in [0, 0.1) is 0 Å². The molecule has 6 nitrogen and oxygen atoms in total. The maximum atomic E-state index is 12.5. The predicted molar refractivity (Wildman–Crippen MR) is 124 cm³/mol. The van der Waals surface area contributed by atoms with Crippen LogP contribution >= 0.6 is 35.4 Å². The van der Waals surface area contributed by atoms with Gasteiger partial charge >= 0.3 is 0 Å². The Hall–Kier alpha value is -2.65. The largest absolute Gasteiger partial charge is 0.332 e. The number of halogens is 2. The molecule has 0 saturated heterocycles. The molecule has 0 aromatic heterocycles. The number of carbonyl (C=O) groups excluding carboxylic acids is 1. The summed E-state index contributed by atoms with van der Waals surface area (Å²) in [6.45, 7) is 0. The lowest BCUT2D eigenvalue weighted by molar-refractivity contribution is 0.0978. The van der Waals surface area contributed by atoms with Gasteiger partial charge in [0.05, 0.1) is 15.5 Å². The minimum atomic E-state index is -3.73. The number of nitrogens with one attached hydrogen (secondary N) is 3. The second kappa shape index (κ2) is 9.44. The number of carbonyl (C=O) groups is 1. The van der Waals surface area contributed by atoms with Gasteiger partial charge in [0.1, 0.15) is 0 Å². The lowest BCUT2D eigenvalue weighted by atomic mass is 10.2. The minimum absolute atomic E-state index is 0.0315. The highest BCUT2D eigenvalue weighted by molar-refractivity contribution is 7.92. The van der Waals surface area contributed by atoms with E-state index in [-0.39, 0.29) is 20.6 Å². The third-order valence-corrected chi connectivity index (χ3v) is 6.00. The van der Waals surface area contributed by atoms with E-state index in [9.17, 15) is 13.2 Å². The van der Waals surface area contributed by atoms with E-state index < -0.39 is 15.9 Å². The zero-order valence-corrected chi connectivity index (χ0v) is 18.4. The molecule has 0 spiro atoms. The summed E-state index contributed by atoms with van der Waals surface area (Å²) < 4.78 is 27.4. The van der Waals surface area contributed by atoms with Gasteiger partial charge in [0, 0.05) is 16.4 Å². The number of anilines is 2. The fourth-order valence-electron chi connectivity index (χ4n) is 2.44. The van der Waals surface area contributed by atoms with Crippen molar-refractivity contribution in [1.29, 1.82) is 0 Å². The molecule has 10 heteroatoms. The lowest BCUT2D eigenvalue weighted by Gasteiger charge is -2.12. The number of para-hydroxylation sites is 1. The molecule has 3 N–H and O–H groups in total. The molecule has 0 fully saturated rings. The van der Waals surface area contributed by atoms with Gasteiger partial charge in [-0.2, -0.15) is 0 Å². The zero-order valence-electron chi connectivity index (χ0n) is 15.2. The van der Waals surface area contributed by atoms with Crippen LogP contribution in [0.1, 0.15) is 10.4 Å². The minimum Gasteiger partial charge on any atom is -0.332 e. The molecule has 1 amide bonds. The second-order valence-electron chi connectivity index (χ2n) is 6.03. The van der Waals surface area contributed by atoms with Crippen LogP contribution in [0.5, 0.6) is 0 Å². The highest BCUT2D eigenvalue weighted by Gasteiger charge is 2.15. The first-order valence-electron chi connectivity index (χ1n) is 8.50. The molecule has 0 saturated carbocycles. The summed E-state index contributed by atoms with van der Waals surface area (Å²) >= 11 is 17.0. The Morgan fingerprint density at radius 3 is 2.17 bits per heavy atom. The van der Waals surface area contributed by atoms with Crippen molar-refractivity contribution >= 4 is 67.8 Å². The van der Waals surface area contributed by atoms with Gasteiger partial charge in [-0.3, -0.25) is 14.8 Å². The summed E-state index contributed by atoms with van der Waals surface area (Å²) in [6.07, 6.45) is 0.